The van der Waals surface area contributed by atoms with Crippen molar-refractivity contribution in [2.45, 2.75) is 12.8 Å². The molecule has 1 heterocycles. The molecule has 0 radical (unpaired) electrons. The molecule has 0 saturated carbocycles. The minimum Gasteiger partial charge on any atom is -0.399 e. The molecule has 1 aromatic carbocycles. The fraction of sp³-hybridized carbons (Fsp3) is 0.350. The summed E-state index contributed by atoms with van der Waals surface area (Å²) >= 11 is 0. The molecule has 2 unspecified atom stereocenters. The Morgan fingerprint density at radius 3 is 2.42 bits per heavy atom. The molecule has 0 spiro atoms. The summed E-state index contributed by atoms with van der Waals surface area (Å²) in [6.07, 6.45) is 1.96. The van der Waals surface area contributed by atoms with Crippen LogP contribution in [0.3, 0.4) is 0 Å². The highest BCUT2D eigenvalue weighted by molar-refractivity contribution is 5.59. The first-order chi connectivity index (χ1) is 12.5. The number of hydrogen-bond acceptors (Lipinski definition) is 5. The normalized spacial score (nSPS) is 24.7. The molecule has 1 aromatic rings. The molecular weight excluding hydrogens is 329 g/mol. The molecule has 130 valence electrons. The molecule has 0 saturated heterocycles. The second-order valence-electron chi connectivity index (χ2n) is 6.58. The topological polar surface area (TPSA) is 101 Å². The van der Waals surface area contributed by atoms with Crippen molar-refractivity contribution in [1.29, 1.82) is 15.8 Å². The number of hydrogen-bond donors (Lipinski definition) is 1. The van der Waals surface area contributed by atoms with Gasteiger partial charge < -0.3 is 5.73 Å². The van der Waals surface area contributed by atoms with Crippen molar-refractivity contribution >= 4 is 0 Å². The van der Waals surface area contributed by atoms with Crippen LogP contribution in [0.25, 0.3) is 0 Å². The van der Waals surface area contributed by atoms with E-state index in [1.807, 2.05) is 13.0 Å². The maximum atomic E-state index is 13.4. The summed E-state index contributed by atoms with van der Waals surface area (Å²) in [7, 11) is 0. The molecule has 6 heteroatoms. The minimum atomic E-state index is -1.67. The number of fused-ring (bicyclic) bond motifs is 1. The highest BCUT2D eigenvalue weighted by Crippen LogP contribution is 2.54. The van der Waals surface area contributed by atoms with Gasteiger partial charge in [-0.15, -0.1) is 0 Å². The zero-order chi connectivity index (χ0) is 18.9. The first-order valence-electron chi connectivity index (χ1n) is 8.43. The first-order valence-corrected chi connectivity index (χ1v) is 8.43. The van der Waals surface area contributed by atoms with Crippen molar-refractivity contribution in [3.8, 4) is 18.2 Å². The third kappa shape index (κ3) is 2.46. The number of nitrogens with two attached hydrogens (primary N) is 1. The predicted molar refractivity (Wildman–Crippen MR) is 93.3 cm³/mol. The van der Waals surface area contributed by atoms with Crippen LogP contribution in [0.2, 0.25) is 0 Å². The fourth-order valence-corrected chi connectivity index (χ4v) is 4.04. The number of likely N-dealkylation sites (N-methyl/N-ethyl adjacent to an activating group) is 1. The largest absolute Gasteiger partial charge is 0.399 e. The zero-order valence-electron chi connectivity index (χ0n) is 14.4. The fourth-order valence-electron chi connectivity index (χ4n) is 4.04. The van der Waals surface area contributed by atoms with Crippen molar-refractivity contribution in [3.05, 3.63) is 58.6 Å². The molecule has 0 amide bonds. The van der Waals surface area contributed by atoms with E-state index in [1.54, 1.807) is 12.1 Å². The highest BCUT2D eigenvalue weighted by Gasteiger charge is 2.54. The molecule has 0 fully saturated rings. The van der Waals surface area contributed by atoms with E-state index >= 15 is 0 Å². The molecule has 2 N–H and O–H groups in total. The summed E-state index contributed by atoms with van der Waals surface area (Å²) in [4.78, 5) is 2.18. The van der Waals surface area contributed by atoms with Gasteiger partial charge in [0.15, 0.2) is 5.41 Å². The van der Waals surface area contributed by atoms with Gasteiger partial charge >= 0.3 is 0 Å². The first kappa shape index (κ1) is 17.7. The van der Waals surface area contributed by atoms with Gasteiger partial charge in [0.1, 0.15) is 11.9 Å². The number of halogens is 1. The van der Waals surface area contributed by atoms with Crippen molar-refractivity contribution < 1.29 is 4.39 Å². The molecule has 0 bridgehead atoms. The third-order valence-corrected chi connectivity index (χ3v) is 5.42. The standard InChI is InChI=1S/C20H18FN5/c1-2-26-8-7-15-16(9-22)19(25)20(11-23,12-24)18(17(15)10-26)13-3-5-14(21)6-4-13/h3-7,17-18H,2,8,10,25H2,1H3. The Balaban J connectivity index is 2.30. The van der Waals surface area contributed by atoms with Gasteiger partial charge in [0.2, 0.25) is 0 Å². The molecule has 2 aliphatic rings. The maximum absolute atomic E-state index is 13.4. The van der Waals surface area contributed by atoms with Crippen molar-refractivity contribution in [1.82, 2.24) is 4.90 Å². The van der Waals surface area contributed by atoms with Gasteiger partial charge in [-0.3, -0.25) is 4.90 Å². The van der Waals surface area contributed by atoms with Crippen LogP contribution < -0.4 is 5.73 Å². The lowest BCUT2D eigenvalue weighted by molar-refractivity contribution is 0.214. The Morgan fingerprint density at radius 2 is 1.88 bits per heavy atom. The summed E-state index contributed by atoms with van der Waals surface area (Å²) in [5.74, 6) is -1.20. The lowest BCUT2D eigenvalue weighted by Gasteiger charge is -2.45. The van der Waals surface area contributed by atoms with Crippen LogP contribution in [0.1, 0.15) is 18.4 Å². The Kier molecular flexibility index (Phi) is 4.51. The molecule has 5 nitrogen and oxygen atoms in total. The Morgan fingerprint density at radius 1 is 1.23 bits per heavy atom. The van der Waals surface area contributed by atoms with Crippen LogP contribution in [0.5, 0.6) is 0 Å². The van der Waals surface area contributed by atoms with Gasteiger partial charge in [-0.1, -0.05) is 25.1 Å². The molecular formula is C20H18FN5. The zero-order valence-corrected chi connectivity index (χ0v) is 14.4. The predicted octanol–water partition coefficient (Wildman–Crippen LogP) is 2.57. The second kappa shape index (κ2) is 6.64. The number of nitriles is 3. The third-order valence-electron chi connectivity index (χ3n) is 5.42. The maximum Gasteiger partial charge on any atom is 0.191 e. The van der Waals surface area contributed by atoms with Crippen LogP contribution in [0.15, 0.2) is 47.2 Å². The van der Waals surface area contributed by atoms with Crippen LogP contribution in [-0.4, -0.2) is 24.5 Å². The van der Waals surface area contributed by atoms with Gasteiger partial charge in [0.25, 0.3) is 0 Å². The summed E-state index contributed by atoms with van der Waals surface area (Å²) in [5.41, 5.74) is 6.21. The SMILES string of the molecule is CCN1CC=C2C(C#N)=C(N)C(C#N)(C#N)C(c3ccc(F)cc3)C2C1. The lowest BCUT2D eigenvalue weighted by atomic mass is 9.58. The van der Waals surface area contributed by atoms with Crippen LogP contribution in [0, 0.1) is 51.1 Å². The van der Waals surface area contributed by atoms with E-state index in [4.69, 9.17) is 5.73 Å². The van der Waals surface area contributed by atoms with Gasteiger partial charge in [0.05, 0.1) is 23.4 Å². The number of rotatable bonds is 2. The number of allylic oxidation sites excluding steroid dienone is 2. The average molecular weight is 347 g/mol. The van der Waals surface area contributed by atoms with E-state index in [1.165, 1.54) is 12.1 Å². The number of nitrogens with zero attached hydrogens (tertiary/aromatic N) is 4. The van der Waals surface area contributed by atoms with Gasteiger partial charge in [-0.2, -0.15) is 15.8 Å². The van der Waals surface area contributed by atoms with Crippen LogP contribution in [0.4, 0.5) is 4.39 Å². The minimum absolute atomic E-state index is 0.00762. The van der Waals surface area contributed by atoms with E-state index in [9.17, 15) is 20.2 Å². The van der Waals surface area contributed by atoms with E-state index in [0.29, 0.717) is 18.7 Å². The van der Waals surface area contributed by atoms with E-state index in [0.717, 1.165) is 12.1 Å². The number of benzene rings is 1. The molecule has 1 aliphatic heterocycles. The quantitative estimate of drug-likeness (QED) is 0.886. The Hall–Kier alpha value is -3.14. The summed E-state index contributed by atoms with van der Waals surface area (Å²) in [6, 6.07) is 12.1. The monoisotopic (exact) mass is 347 g/mol. The molecule has 0 aromatic heterocycles. The van der Waals surface area contributed by atoms with Gasteiger partial charge in [-0.25, -0.2) is 4.39 Å². The Bertz CT molecular complexity index is 893. The van der Waals surface area contributed by atoms with Crippen LogP contribution in [-0.2, 0) is 0 Å². The smallest absolute Gasteiger partial charge is 0.191 e. The molecule has 1 aliphatic carbocycles. The van der Waals surface area contributed by atoms with E-state index < -0.39 is 11.3 Å². The Labute approximate surface area is 152 Å². The van der Waals surface area contributed by atoms with Gasteiger partial charge in [-0.05, 0) is 29.8 Å². The lowest BCUT2D eigenvalue weighted by Crippen LogP contribution is -2.48. The highest BCUT2D eigenvalue weighted by atomic mass is 19.1. The summed E-state index contributed by atoms with van der Waals surface area (Å²) < 4.78 is 13.4. The van der Waals surface area contributed by atoms with Crippen molar-refractivity contribution in [2.24, 2.45) is 17.1 Å². The summed E-state index contributed by atoms with van der Waals surface area (Å²) in [6.45, 7) is 4.13. The van der Waals surface area contributed by atoms with Crippen molar-refractivity contribution in [3.63, 3.8) is 0 Å². The van der Waals surface area contributed by atoms with Crippen molar-refractivity contribution in [2.75, 3.05) is 19.6 Å². The van der Waals surface area contributed by atoms with E-state index in [-0.39, 0.29) is 23.0 Å². The summed E-state index contributed by atoms with van der Waals surface area (Å²) in [5, 5.41) is 29.5. The van der Waals surface area contributed by atoms with Crippen LogP contribution >= 0.6 is 0 Å². The molecule has 3 rings (SSSR count). The van der Waals surface area contributed by atoms with E-state index in [2.05, 4.69) is 23.1 Å². The van der Waals surface area contributed by atoms with Gasteiger partial charge in [0, 0.05) is 24.9 Å². The molecule has 26 heavy (non-hydrogen) atoms. The molecule has 2 atom stereocenters. The average Bonchev–Trinajstić information content (AvgIpc) is 2.68. The second-order valence-corrected chi connectivity index (χ2v) is 6.58.